The van der Waals surface area contributed by atoms with E-state index in [0.29, 0.717) is 11.3 Å². The number of nitriles is 1. The Bertz CT molecular complexity index is 1030. The lowest BCUT2D eigenvalue weighted by molar-refractivity contribution is 0.333. The highest BCUT2D eigenvalue weighted by Crippen LogP contribution is 2.41. The Morgan fingerprint density at radius 3 is 2.77 bits per heavy atom. The lowest BCUT2D eigenvalue weighted by Gasteiger charge is -2.24. The average molecular weight is 351 g/mol. The monoisotopic (exact) mass is 351 g/mol. The fourth-order valence-electron chi connectivity index (χ4n) is 2.69. The van der Waals surface area contributed by atoms with Crippen LogP contribution in [0.1, 0.15) is 23.0 Å². The molecule has 0 saturated carbocycles. The molecule has 0 radical (unpaired) electrons. The maximum absolute atomic E-state index is 12.4. The summed E-state index contributed by atoms with van der Waals surface area (Å²) < 4.78 is 16.2. The molecule has 2 heterocycles. The van der Waals surface area contributed by atoms with Gasteiger partial charge in [-0.05, 0) is 23.2 Å². The van der Waals surface area contributed by atoms with Gasteiger partial charge in [-0.25, -0.2) is 0 Å². The average Bonchev–Trinajstić information content (AvgIpc) is 2.66. The number of hydrogen-bond acceptors (Lipinski definition) is 7. The summed E-state index contributed by atoms with van der Waals surface area (Å²) in [5.74, 6) is -0.0469. The zero-order chi connectivity index (χ0) is 18.7. The van der Waals surface area contributed by atoms with Crippen LogP contribution in [0.3, 0.4) is 0 Å². The van der Waals surface area contributed by atoms with Gasteiger partial charge >= 0.3 is 0 Å². The summed E-state index contributed by atoms with van der Waals surface area (Å²) >= 11 is 0. The summed E-state index contributed by atoms with van der Waals surface area (Å²) in [5.41, 5.74) is 14.6. The smallest absolute Gasteiger partial charge is 0.228 e. The number of ether oxygens (including phenoxy) is 2. The lowest BCUT2D eigenvalue weighted by Crippen LogP contribution is -2.25. The van der Waals surface area contributed by atoms with Crippen LogP contribution < -0.4 is 20.6 Å². The maximum Gasteiger partial charge on any atom is 0.228 e. The number of nitrogens with zero attached hydrogens (tertiary/aromatic N) is 4. The number of hydrogen-bond donors (Lipinski definition) is 1. The molecule has 1 aliphatic rings. The third-order valence-corrected chi connectivity index (χ3v) is 3.87. The quantitative estimate of drug-likeness (QED) is 0.508. The third kappa shape index (κ3) is 2.92. The SMILES string of the molecule is COc1ccc(C2C(C#N)=C(N)Oc3c2oc(CN=[N+]=[N-])cc3=O)cc1. The van der Waals surface area contributed by atoms with Crippen molar-refractivity contribution in [1.29, 1.82) is 5.26 Å². The first-order valence-corrected chi connectivity index (χ1v) is 7.48. The van der Waals surface area contributed by atoms with Crippen molar-refractivity contribution in [1.82, 2.24) is 0 Å². The third-order valence-electron chi connectivity index (χ3n) is 3.87. The molecule has 3 rings (SSSR count). The molecule has 1 aromatic carbocycles. The van der Waals surface area contributed by atoms with E-state index in [0.717, 1.165) is 0 Å². The van der Waals surface area contributed by atoms with Crippen molar-refractivity contribution in [3.8, 4) is 17.6 Å². The number of methoxy groups -OCH3 is 1. The summed E-state index contributed by atoms with van der Waals surface area (Å²) in [4.78, 5) is 15.0. The highest BCUT2D eigenvalue weighted by molar-refractivity contribution is 5.52. The molecular formula is C17H13N5O4. The van der Waals surface area contributed by atoms with Gasteiger partial charge < -0.3 is 19.6 Å². The van der Waals surface area contributed by atoms with Crippen LogP contribution in [0.4, 0.5) is 0 Å². The molecule has 0 aliphatic carbocycles. The molecule has 26 heavy (non-hydrogen) atoms. The van der Waals surface area contributed by atoms with Crippen LogP contribution >= 0.6 is 0 Å². The first kappa shape index (κ1) is 17.0. The van der Waals surface area contributed by atoms with Crippen LogP contribution in [0, 0.1) is 11.3 Å². The van der Waals surface area contributed by atoms with Gasteiger partial charge in [-0.2, -0.15) is 5.26 Å². The standard InChI is InChI=1S/C17H13N5O4/c1-24-10-4-2-9(3-5-10)14-12(7-18)17(19)26-15-13(23)6-11(8-21-22-20)25-16(14)15/h2-6,14H,8,19H2,1H3. The van der Waals surface area contributed by atoms with Gasteiger partial charge in [0.05, 0.1) is 19.6 Å². The van der Waals surface area contributed by atoms with E-state index in [1.165, 1.54) is 6.07 Å². The minimum atomic E-state index is -0.728. The van der Waals surface area contributed by atoms with E-state index in [1.54, 1.807) is 31.4 Å². The molecule has 0 amide bonds. The van der Waals surface area contributed by atoms with Crippen LogP contribution in [-0.2, 0) is 6.54 Å². The van der Waals surface area contributed by atoms with Gasteiger partial charge in [0.1, 0.15) is 23.2 Å². The van der Waals surface area contributed by atoms with Crippen LogP contribution in [-0.4, -0.2) is 7.11 Å². The molecule has 9 nitrogen and oxygen atoms in total. The second-order valence-electron chi connectivity index (χ2n) is 5.36. The van der Waals surface area contributed by atoms with Crippen molar-refractivity contribution in [2.45, 2.75) is 12.5 Å². The van der Waals surface area contributed by atoms with Crippen LogP contribution in [0.5, 0.6) is 11.5 Å². The number of fused-ring (bicyclic) bond motifs is 1. The molecule has 1 atom stereocenters. The molecule has 130 valence electrons. The maximum atomic E-state index is 12.4. The van der Waals surface area contributed by atoms with E-state index >= 15 is 0 Å². The van der Waals surface area contributed by atoms with Crippen molar-refractivity contribution < 1.29 is 13.9 Å². The second kappa shape index (κ2) is 6.93. The minimum Gasteiger partial charge on any atom is -0.497 e. The molecule has 0 fully saturated rings. The molecule has 0 saturated heterocycles. The summed E-state index contributed by atoms with van der Waals surface area (Å²) in [5, 5.41) is 12.9. The van der Waals surface area contributed by atoms with Gasteiger partial charge in [-0.3, -0.25) is 4.79 Å². The second-order valence-corrected chi connectivity index (χ2v) is 5.36. The molecule has 1 unspecified atom stereocenters. The molecule has 2 aromatic rings. The fourth-order valence-corrected chi connectivity index (χ4v) is 2.69. The minimum absolute atomic E-state index is 0.0907. The Balaban J connectivity index is 2.21. The first-order chi connectivity index (χ1) is 12.6. The van der Waals surface area contributed by atoms with Gasteiger partial charge in [0.25, 0.3) is 0 Å². The zero-order valence-electron chi connectivity index (χ0n) is 13.7. The van der Waals surface area contributed by atoms with E-state index < -0.39 is 11.3 Å². The molecule has 1 aromatic heterocycles. The van der Waals surface area contributed by atoms with Crippen molar-refractivity contribution in [2.75, 3.05) is 7.11 Å². The Labute approximate surface area is 147 Å². The predicted octanol–water partition coefficient (Wildman–Crippen LogP) is 2.68. The normalized spacial score (nSPS) is 15.3. The Morgan fingerprint density at radius 1 is 1.42 bits per heavy atom. The molecule has 9 heteroatoms. The highest BCUT2D eigenvalue weighted by atomic mass is 16.5. The summed E-state index contributed by atoms with van der Waals surface area (Å²) in [7, 11) is 1.54. The van der Waals surface area contributed by atoms with Crippen LogP contribution in [0.2, 0.25) is 0 Å². The van der Waals surface area contributed by atoms with Crippen LogP contribution in [0.15, 0.2) is 56.1 Å². The molecular weight excluding hydrogens is 338 g/mol. The molecule has 0 spiro atoms. The number of allylic oxidation sites excluding steroid dienone is 1. The van der Waals surface area contributed by atoms with Crippen molar-refractivity contribution in [3.63, 3.8) is 0 Å². The highest BCUT2D eigenvalue weighted by Gasteiger charge is 2.35. The van der Waals surface area contributed by atoms with Gasteiger partial charge in [0.2, 0.25) is 17.1 Å². The largest absolute Gasteiger partial charge is 0.497 e. The summed E-state index contributed by atoms with van der Waals surface area (Å²) in [6.07, 6.45) is 0. The fraction of sp³-hybridized carbons (Fsp3) is 0.176. The Kier molecular flexibility index (Phi) is 4.51. The topological polar surface area (TPSA) is 147 Å². The van der Waals surface area contributed by atoms with Crippen LogP contribution in [0.25, 0.3) is 10.4 Å². The zero-order valence-corrected chi connectivity index (χ0v) is 13.7. The Morgan fingerprint density at radius 2 is 2.15 bits per heavy atom. The van der Waals surface area contributed by atoms with Crippen molar-refractivity contribution in [2.24, 2.45) is 10.8 Å². The van der Waals surface area contributed by atoms with Gasteiger partial charge in [-0.1, -0.05) is 17.2 Å². The first-order valence-electron chi connectivity index (χ1n) is 7.48. The van der Waals surface area contributed by atoms with E-state index in [1.807, 2.05) is 6.07 Å². The number of nitrogens with two attached hydrogens (primary N) is 1. The van der Waals surface area contributed by atoms with Crippen molar-refractivity contribution in [3.05, 3.63) is 79.5 Å². The molecule has 0 bridgehead atoms. The van der Waals surface area contributed by atoms with E-state index in [2.05, 4.69) is 10.0 Å². The molecule has 2 N–H and O–H groups in total. The van der Waals surface area contributed by atoms with E-state index in [4.69, 9.17) is 25.2 Å². The number of benzene rings is 1. The van der Waals surface area contributed by atoms with Crippen molar-refractivity contribution >= 4 is 0 Å². The summed E-state index contributed by atoms with van der Waals surface area (Å²) in [6.45, 7) is -0.143. The lowest BCUT2D eigenvalue weighted by atomic mass is 9.87. The molecule has 1 aliphatic heterocycles. The number of rotatable bonds is 4. The Hall–Kier alpha value is -3.89. The summed E-state index contributed by atoms with van der Waals surface area (Å²) in [6, 6.07) is 10.1. The number of azide groups is 1. The predicted molar refractivity (Wildman–Crippen MR) is 90.1 cm³/mol. The van der Waals surface area contributed by atoms with Gasteiger partial charge in [-0.15, -0.1) is 0 Å². The van der Waals surface area contributed by atoms with E-state index in [9.17, 15) is 10.1 Å². The van der Waals surface area contributed by atoms with Gasteiger partial charge in [0, 0.05) is 11.0 Å². The van der Waals surface area contributed by atoms with E-state index in [-0.39, 0.29) is 35.3 Å². The van der Waals surface area contributed by atoms with Gasteiger partial charge in [0.15, 0.2) is 5.76 Å².